The van der Waals surface area contributed by atoms with Crippen molar-refractivity contribution in [2.75, 3.05) is 13.7 Å². The van der Waals surface area contributed by atoms with Gasteiger partial charge in [0.25, 0.3) is 0 Å². The highest BCUT2D eigenvalue weighted by atomic mass is 19.4. The number of hydrazine groups is 1. The van der Waals surface area contributed by atoms with Crippen LogP contribution in [0, 0.1) is 0 Å². The molecule has 0 spiro atoms. The fraction of sp³-hybridized carbons (Fsp3) is 0.500. The molecule has 102 valence electrons. The molecule has 0 saturated carbocycles. The van der Waals surface area contributed by atoms with Crippen LogP contribution in [-0.2, 0) is 10.9 Å². The number of nitrogens with one attached hydrogen (secondary N) is 1. The number of rotatable bonds is 6. The van der Waals surface area contributed by atoms with Gasteiger partial charge in [-0.1, -0.05) is 18.2 Å². The largest absolute Gasteiger partial charge is 0.416 e. The smallest absolute Gasteiger partial charge is 0.385 e. The third-order valence-corrected chi connectivity index (χ3v) is 2.68. The molecule has 1 atom stereocenters. The lowest BCUT2D eigenvalue weighted by molar-refractivity contribution is -0.138. The quantitative estimate of drug-likeness (QED) is 0.470. The fourth-order valence-corrected chi connectivity index (χ4v) is 1.82. The van der Waals surface area contributed by atoms with Crippen molar-refractivity contribution < 1.29 is 17.9 Å². The van der Waals surface area contributed by atoms with Crippen molar-refractivity contribution >= 4 is 0 Å². The van der Waals surface area contributed by atoms with Crippen molar-refractivity contribution in [1.82, 2.24) is 5.43 Å². The average Bonchev–Trinajstić information content (AvgIpc) is 2.34. The number of ether oxygens (including phenoxy) is 1. The summed E-state index contributed by atoms with van der Waals surface area (Å²) < 4.78 is 43.4. The maximum atomic E-state index is 12.8. The molecule has 3 N–H and O–H groups in total. The minimum atomic E-state index is -4.37. The van der Waals surface area contributed by atoms with Crippen LogP contribution in [-0.4, -0.2) is 13.7 Å². The molecule has 0 radical (unpaired) electrons. The van der Waals surface area contributed by atoms with E-state index in [1.165, 1.54) is 12.1 Å². The second-order valence-corrected chi connectivity index (χ2v) is 3.94. The average molecular weight is 262 g/mol. The maximum Gasteiger partial charge on any atom is 0.416 e. The third kappa shape index (κ3) is 3.97. The summed E-state index contributed by atoms with van der Waals surface area (Å²) in [5, 5.41) is 0. The van der Waals surface area contributed by atoms with E-state index in [4.69, 9.17) is 10.6 Å². The molecule has 0 bridgehead atoms. The predicted octanol–water partition coefficient (Wildman–Crippen LogP) is 2.64. The van der Waals surface area contributed by atoms with Crippen LogP contribution in [0.4, 0.5) is 13.2 Å². The first-order chi connectivity index (χ1) is 8.50. The standard InChI is InChI=1S/C12H17F3N2O/c1-18-8-4-7-11(17-16)9-5-2-3-6-10(9)12(13,14)15/h2-3,5-6,11,17H,4,7-8,16H2,1H3. The molecule has 1 rings (SSSR count). The van der Waals surface area contributed by atoms with Gasteiger partial charge in [0.15, 0.2) is 0 Å². The minimum Gasteiger partial charge on any atom is -0.385 e. The Balaban J connectivity index is 2.91. The highest BCUT2D eigenvalue weighted by Gasteiger charge is 2.34. The molecule has 0 fully saturated rings. The Morgan fingerprint density at radius 3 is 2.56 bits per heavy atom. The van der Waals surface area contributed by atoms with Crippen molar-refractivity contribution in [3.8, 4) is 0 Å². The number of nitrogens with two attached hydrogens (primary N) is 1. The summed E-state index contributed by atoms with van der Waals surface area (Å²) in [7, 11) is 1.55. The number of benzene rings is 1. The van der Waals surface area contributed by atoms with E-state index in [1.54, 1.807) is 13.2 Å². The van der Waals surface area contributed by atoms with Gasteiger partial charge < -0.3 is 4.74 Å². The van der Waals surface area contributed by atoms with Crippen LogP contribution in [0.2, 0.25) is 0 Å². The Morgan fingerprint density at radius 1 is 1.33 bits per heavy atom. The van der Waals surface area contributed by atoms with Crippen molar-refractivity contribution in [2.24, 2.45) is 5.84 Å². The van der Waals surface area contributed by atoms with Gasteiger partial charge in [0.05, 0.1) is 5.56 Å². The van der Waals surface area contributed by atoms with E-state index in [1.807, 2.05) is 0 Å². The SMILES string of the molecule is COCCCC(NN)c1ccccc1C(F)(F)F. The summed E-state index contributed by atoms with van der Waals surface area (Å²) in [5.41, 5.74) is 1.96. The van der Waals surface area contributed by atoms with Gasteiger partial charge in [-0.15, -0.1) is 0 Å². The van der Waals surface area contributed by atoms with E-state index >= 15 is 0 Å². The number of hydrogen-bond acceptors (Lipinski definition) is 3. The van der Waals surface area contributed by atoms with Crippen LogP contribution >= 0.6 is 0 Å². The highest BCUT2D eigenvalue weighted by Crippen LogP contribution is 2.35. The molecule has 1 aromatic rings. The Hall–Kier alpha value is -1.11. The highest BCUT2D eigenvalue weighted by molar-refractivity contribution is 5.32. The third-order valence-electron chi connectivity index (χ3n) is 2.68. The predicted molar refractivity (Wildman–Crippen MR) is 62.6 cm³/mol. The molecule has 0 amide bonds. The van der Waals surface area contributed by atoms with Gasteiger partial charge in [-0.05, 0) is 24.5 Å². The number of halogens is 3. The topological polar surface area (TPSA) is 47.3 Å². The summed E-state index contributed by atoms with van der Waals surface area (Å²) >= 11 is 0. The van der Waals surface area contributed by atoms with Crippen LogP contribution in [0.1, 0.15) is 30.0 Å². The Labute approximate surface area is 104 Å². The molecule has 0 aromatic heterocycles. The zero-order chi connectivity index (χ0) is 13.6. The molecular formula is C12H17F3N2O. The van der Waals surface area contributed by atoms with Crippen LogP contribution in [0.5, 0.6) is 0 Å². The molecule has 1 unspecified atom stereocenters. The summed E-state index contributed by atoms with van der Waals surface area (Å²) in [5.74, 6) is 5.34. The molecule has 0 aliphatic carbocycles. The van der Waals surface area contributed by atoms with Gasteiger partial charge >= 0.3 is 6.18 Å². The van der Waals surface area contributed by atoms with E-state index in [2.05, 4.69) is 5.43 Å². The summed E-state index contributed by atoms with van der Waals surface area (Å²) in [4.78, 5) is 0. The summed E-state index contributed by atoms with van der Waals surface area (Å²) in [6.07, 6.45) is -3.25. The summed E-state index contributed by atoms with van der Waals surface area (Å²) in [6, 6.07) is 4.93. The Morgan fingerprint density at radius 2 is 2.00 bits per heavy atom. The van der Waals surface area contributed by atoms with Gasteiger partial charge in [0.2, 0.25) is 0 Å². The van der Waals surface area contributed by atoms with Gasteiger partial charge in [-0.25, -0.2) is 0 Å². The molecule has 0 aliphatic rings. The van der Waals surface area contributed by atoms with Gasteiger partial charge in [0.1, 0.15) is 0 Å². The first kappa shape index (κ1) is 14.9. The number of hydrogen-bond donors (Lipinski definition) is 2. The molecule has 6 heteroatoms. The van der Waals surface area contributed by atoms with Crippen molar-refractivity contribution in [3.05, 3.63) is 35.4 Å². The molecule has 1 aromatic carbocycles. The van der Waals surface area contributed by atoms with E-state index in [9.17, 15) is 13.2 Å². The molecular weight excluding hydrogens is 245 g/mol. The lowest BCUT2D eigenvalue weighted by Gasteiger charge is -2.20. The lowest BCUT2D eigenvalue weighted by atomic mass is 9.97. The second kappa shape index (κ2) is 6.72. The fourth-order valence-electron chi connectivity index (χ4n) is 1.82. The monoisotopic (exact) mass is 262 g/mol. The summed E-state index contributed by atoms with van der Waals surface area (Å²) in [6.45, 7) is 0.492. The van der Waals surface area contributed by atoms with E-state index in [-0.39, 0.29) is 5.56 Å². The molecule has 3 nitrogen and oxygen atoms in total. The van der Waals surface area contributed by atoms with E-state index < -0.39 is 17.8 Å². The van der Waals surface area contributed by atoms with Crippen molar-refractivity contribution in [2.45, 2.75) is 25.1 Å². The second-order valence-electron chi connectivity index (χ2n) is 3.94. The van der Waals surface area contributed by atoms with Crippen LogP contribution < -0.4 is 11.3 Å². The van der Waals surface area contributed by atoms with Crippen molar-refractivity contribution in [3.63, 3.8) is 0 Å². The van der Waals surface area contributed by atoms with Gasteiger partial charge in [-0.2, -0.15) is 13.2 Å². The van der Waals surface area contributed by atoms with Crippen LogP contribution in [0.15, 0.2) is 24.3 Å². The Bertz CT molecular complexity index is 369. The van der Waals surface area contributed by atoms with Crippen LogP contribution in [0.25, 0.3) is 0 Å². The van der Waals surface area contributed by atoms with Gasteiger partial charge in [0, 0.05) is 19.8 Å². The molecule has 0 heterocycles. The maximum absolute atomic E-state index is 12.8. The number of alkyl halides is 3. The first-order valence-corrected chi connectivity index (χ1v) is 5.62. The molecule has 0 aliphatic heterocycles. The van der Waals surface area contributed by atoms with Gasteiger partial charge in [-0.3, -0.25) is 11.3 Å². The zero-order valence-corrected chi connectivity index (χ0v) is 10.1. The minimum absolute atomic E-state index is 0.170. The van der Waals surface area contributed by atoms with E-state index in [0.717, 1.165) is 6.07 Å². The first-order valence-electron chi connectivity index (χ1n) is 5.62. The number of methoxy groups -OCH3 is 1. The molecule has 18 heavy (non-hydrogen) atoms. The Kier molecular flexibility index (Phi) is 5.58. The van der Waals surface area contributed by atoms with E-state index in [0.29, 0.717) is 19.4 Å². The lowest BCUT2D eigenvalue weighted by Crippen LogP contribution is -2.30. The zero-order valence-electron chi connectivity index (χ0n) is 10.1. The van der Waals surface area contributed by atoms with Crippen molar-refractivity contribution in [1.29, 1.82) is 0 Å². The van der Waals surface area contributed by atoms with Crippen LogP contribution in [0.3, 0.4) is 0 Å². The normalized spacial score (nSPS) is 13.6. The molecule has 0 saturated heterocycles.